The summed E-state index contributed by atoms with van der Waals surface area (Å²) in [7, 11) is 1.82. The highest BCUT2D eigenvalue weighted by atomic mass is 79.9. The van der Waals surface area contributed by atoms with E-state index >= 15 is 0 Å². The fourth-order valence-electron chi connectivity index (χ4n) is 2.35. The summed E-state index contributed by atoms with van der Waals surface area (Å²) in [6, 6.07) is 1.87. The number of amides is 1. The number of carbonyl (C=O) groups is 1. The van der Waals surface area contributed by atoms with Crippen LogP contribution in [0.3, 0.4) is 0 Å². The molecule has 0 bridgehead atoms. The lowest BCUT2D eigenvalue weighted by molar-refractivity contribution is 0.0270. The van der Waals surface area contributed by atoms with Crippen LogP contribution in [0.4, 0.5) is 4.79 Å². The van der Waals surface area contributed by atoms with Gasteiger partial charge >= 0.3 is 6.09 Å². The van der Waals surface area contributed by atoms with Crippen LogP contribution in [0.2, 0.25) is 0 Å². The zero-order valence-electron chi connectivity index (χ0n) is 12.1. The molecule has 0 aromatic carbocycles. The Kier molecular flexibility index (Phi) is 4.11. The quantitative estimate of drug-likeness (QED) is 0.843. The van der Waals surface area contributed by atoms with E-state index in [0.717, 1.165) is 10.3 Å². The zero-order valence-corrected chi connectivity index (χ0v) is 13.7. The van der Waals surface area contributed by atoms with E-state index in [1.165, 1.54) is 0 Å². The number of hydrogen-bond acceptors (Lipinski definition) is 4. The van der Waals surface area contributed by atoms with Gasteiger partial charge in [0.25, 0.3) is 0 Å². The van der Waals surface area contributed by atoms with Crippen LogP contribution in [0.1, 0.15) is 32.4 Å². The van der Waals surface area contributed by atoms with Gasteiger partial charge in [-0.3, -0.25) is 4.68 Å². The molecular weight excluding hydrogens is 326 g/mol. The number of rotatable bonds is 1. The lowest BCUT2D eigenvalue weighted by atomic mass is 10.0. The number of ether oxygens (including phenoxy) is 1. The second-order valence-corrected chi connectivity index (χ2v) is 6.89. The van der Waals surface area contributed by atoms with Crippen LogP contribution in [0.15, 0.2) is 10.7 Å². The molecule has 1 saturated heterocycles. The Morgan fingerprint density at radius 2 is 2.15 bits per heavy atom. The van der Waals surface area contributed by atoms with Crippen molar-refractivity contribution in [2.24, 2.45) is 7.05 Å². The van der Waals surface area contributed by atoms with Crippen LogP contribution < -0.4 is 0 Å². The van der Waals surface area contributed by atoms with Gasteiger partial charge in [0.2, 0.25) is 0 Å². The first-order chi connectivity index (χ1) is 9.17. The van der Waals surface area contributed by atoms with E-state index < -0.39 is 11.7 Å². The van der Waals surface area contributed by atoms with Crippen molar-refractivity contribution in [3.8, 4) is 0 Å². The first-order valence-electron chi connectivity index (χ1n) is 6.53. The molecule has 1 aliphatic heterocycles. The molecule has 112 valence electrons. The van der Waals surface area contributed by atoms with E-state index in [0.29, 0.717) is 6.54 Å². The number of aliphatic hydroxyl groups excluding tert-OH is 1. The number of nitrogens with zero attached hydrogens (tertiary/aromatic N) is 3. The molecule has 1 aromatic heterocycles. The maximum absolute atomic E-state index is 12.0. The molecule has 1 aromatic rings. The van der Waals surface area contributed by atoms with E-state index in [1.54, 1.807) is 9.58 Å². The molecule has 0 spiro atoms. The van der Waals surface area contributed by atoms with Gasteiger partial charge in [0.1, 0.15) is 10.2 Å². The van der Waals surface area contributed by atoms with Gasteiger partial charge in [0, 0.05) is 25.2 Å². The van der Waals surface area contributed by atoms with Crippen LogP contribution >= 0.6 is 15.9 Å². The van der Waals surface area contributed by atoms with Crippen LogP contribution in [-0.4, -0.2) is 50.7 Å². The van der Waals surface area contributed by atoms with Crippen molar-refractivity contribution >= 4 is 22.0 Å². The van der Waals surface area contributed by atoms with Gasteiger partial charge < -0.3 is 14.7 Å². The predicted octanol–water partition coefficient (Wildman–Crippen LogP) is 1.88. The first-order valence-corrected chi connectivity index (χ1v) is 7.32. The molecule has 7 heteroatoms. The lowest BCUT2D eigenvalue weighted by Gasteiger charge is -2.24. The molecule has 0 radical (unpaired) electrons. The van der Waals surface area contributed by atoms with E-state index in [2.05, 4.69) is 21.0 Å². The monoisotopic (exact) mass is 345 g/mol. The minimum absolute atomic E-state index is 0.147. The Bertz CT molecular complexity index is 509. The van der Waals surface area contributed by atoms with Gasteiger partial charge in [-0.1, -0.05) is 0 Å². The van der Waals surface area contributed by atoms with E-state index in [1.807, 2.05) is 33.9 Å². The Labute approximate surface area is 126 Å². The minimum atomic E-state index is -0.607. The summed E-state index contributed by atoms with van der Waals surface area (Å²) < 4.78 is 7.77. The molecule has 1 amide bonds. The molecule has 2 unspecified atom stereocenters. The summed E-state index contributed by atoms with van der Waals surface area (Å²) in [4.78, 5) is 13.6. The third-order valence-electron chi connectivity index (χ3n) is 3.21. The fraction of sp³-hybridized carbons (Fsp3) is 0.692. The topological polar surface area (TPSA) is 67.6 Å². The number of carbonyl (C=O) groups excluding carboxylic acids is 1. The fourth-order valence-corrected chi connectivity index (χ4v) is 2.82. The standard InChI is InChI=1S/C13H20BrN3O3/c1-13(2,3)20-12(19)17-6-8(10(18)7-17)9-5-11(14)15-16(9)4/h5,8,10,18H,6-7H2,1-4H3. The summed E-state index contributed by atoms with van der Waals surface area (Å²) in [6.07, 6.45) is -0.995. The number of likely N-dealkylation sites (tertiary alicyclic amines) is 1. The van der Waals surface area contributed by atoms with E-state index in [9.17, 15) is 9.90 Å². The molecule has 2 atom stereocenters. The number of halogens is 1. The van der Waals surface area contributed by atoms with Crippen molar-refractivity contribution in [3.05, 3.63) is 16.4 Å². The smallest absolute Gasteiger partial charge is 0.410 e. The second kappa shape index (κ2) is 5.37. The normalized spacial score (nSPS) is 23.2. The van der Waals surface area contributed by atoms with Crippen molar-refractivity contribution < 1.29 is 14.6 Å². The van der Waals surface area contributed by atoms with Gasteiger partial charge in [-0.05, 0) is 42.8 Å². The average molecular weight is 346 g/mol. The molecule has 1 aliphatic rings. The Morgan fingerprint density at radius 1 is 1.50 bits per heavy atom. The van der Waals surface area contributed by atoms with Gasteiger partial charge in [-0.25, -0.2) is 4.79 Å². The largest absolute Gasteiger partial charge is 0.444 e. The summed E-state index contributed by atoms with van der Waals surface area (Å²) in [5.41, 5.74) is 0.366. The highest BCUT2D eigenvalue weighted by Gasteiger charge is 2.38. The summed E-state index contributed by atoms with van der Waals surface area (Å²) in [6.45, 7) is 6.19. The van der Waals surface area contributed by atoms with Crippen molar-refractivity contribution in [3.63, 3.8) is 0 Å². The Balaban J connectivity index is 2.09. The first kappa shape index (κ1) is 15.3. The molecule has 2 rings (SSSR count). The zero-order chi connectivity index (χ0) is 15.1. The van der Waals surface area contributed by atoms with Crippen LogP contribution in [0, 0.1) is 0 Å². The maximum Gasteiger partial charge on any atom is 0.410 e. The van der Waals surface area contributed by atoms with E-state index in [-0.39, 0.29) is 18.6 Å². The maximum atomic E-state index is 12.0. The number of β-amino-alcohol motifs (C(OH)–C–C–N with tert-alkyl or cyclic N) is 1. The van der Waals surface area contributed by atoms with Crippen molar-refractivity contribution in [1.82, 2.24) is 14.7 Å². The Morgan fingerprint density at radius 3 is 2.65 bits per heavy atom. The third kappa shape index (κ3) is 3.32. The minimum Gasteiger partial charge on any atom is -0.444 e. The lowest BCUT2D eigenvalue weighted by Crippen LogP contribution is -2.35. The number of aryl methyl sites for hydroxylation is 1. The van der Waals surface area contributed by atoms with Crippen molar-refractivity contribution in [1.29, 1.82) is 0 Å². The number of hydrogen-bond donors (Lipinski definition) is 1. The summed E-state index contributed by atoms with van der Waals surface area (Å²) in [5.74, 6) is -0.147. The van der Waals surface area contributed by atoms with Gasteiger partial charge in [-0.2, -0.15) is 5.10 Å². The van der Waals surface area contributed by atoms with Crippen molar-refractivity contribution in [2.75, 3.05) is 13.1 Å². The van der Waals surface area contributed by atoms with Crippen LogP contribution in [0.25, 0.3) is 0 Å². The molecule has 0 aliphatic carbocycles. The molecule has 6 nitrogen and oxygen atoms in total. The van der Waals surface area contributed by atoms with E-state index in [4.69, 9.17) is 4.74 Å². The molecule has 2 heterocycles. The second-order valence-electron chi connectivity index (χ2n) is 6.07. The summed E-state index contributed by atoms with van der Waals surface area (Å²) in [5, 5.41) is 14.4. The third-order valence-corrected chi connectivity index (χ3v) is 3.59. The van der Waals surface area contributed by atoms with Gasteiger partial charge in [-0.15, -0.1) is 0 Å². The van der Waals surface area contributed by atoms with Gasteiger partial charge in [0.15, 0.2) is 0 Å². The van der Waals surface area contributed by atoms with Crippen LogP contribution in [-0.2, 0) is 11.8 Å². The molecule has 20 heavy (non-hydrogen) atoms. The van der Waals surface area contributed by atoms with Crippen LogP contribution in [0.5, 0.6) is 0 Å². The number of aromatic nitrogens is 2. The molecule has 1 fully saturated rings. The average Bonchev–Trinajstić information content (AvgIpc) is 2.79. The van der Waals surface area contributed by atoms with Gasteiger partial charge in [0.05, 0.1) is 12.6 Å². The molecular formula is C13H20BrN3O3. The Hall–Kier alpha value is -1.08. The number of aliphatic hydroxyl groups is 1. The predicted molar refractivity (Wildman–Crippen MR) is 77.5 cm³/mol. The van der Waals surface area contributed by atoms with Crippen molar-refractivity contribution in [2.45, 2.75) is 38.4 Å². The highest BCUT2D eigenvalue weighted by Crippen LogP contribution is 2.29. The molecule has 1 N–H and O–H groups in total. The highest BCUT2D eigenvalue weighted by molar-refractivity contribution is 9.10. The summed E-state index contributed by atoms with van der Waals surface area (Å²) >= 11 is 3.31. The SMILES string of the molecule is Cn1nc(Br)cc1C1CN(C(=O)OC(C)(C)C)CC1O. The molecule has 0 saturated carbocycles.